The van der Waals surface area contributed by atoms with E-state index < -0.39 is 0 Å². The summed E-state index contributed by atoms with van der Waals surface area (Å²) in [6.07, 6.45) is 1.89. The molecule has 0 spiro atoms. The van der Waals surface area contributed by atoms with Gasteiger partial charge in [0, 0.05) is 44.4 Å². The van der Waals surface area contributed by atoms with E-state index in [0.29, 0.717) is 18.8 Å². The minimum Gasteiger partial charge on any atom is -0.497 e. The number of para-hydroxylation sites is 1. The number of amides is 2. The second-order valence-corrected chi connectivity index (χ2v) is 7.43. The van der Waals surface area contributed by atoms with Gasteiger partial charge in [0.25, 0.3) is 5.91 Å². The highest BCUT2D eigenvalue weighted by molar-refractivity contribution is 6.01. The molecule has 2 aliphatic heterocycles. The van der Waals surface area contributed by atoms with Crippen LogP contribution in [0.2, 0.25) is 0 Å². The summed E-state index contributed by atoms with van der Waals surface area (Å²) in [7, 11) is 1.66. The largest absolute Gasteiger partial charge is 0.497 e. The number of carbonyl (C=O) groups excluding carboxylic acids is 2. The molecule has 7 nitrogen and oxygen atoms in total. The molecule has 1 fully saturated rings. The number of anilines is 2. The smallest absolute Gasteiger partial charge is 0.271 e. The first kappa shape index (κ1) is 19.8. The van der Waals surface area contributed by atoms with Gasteiger partial charge in [-0.2, -0.15) is 0 Å². The van der Waals surface area contributed by atoms with Gasteiger partial charge in [0.05, 0.1) is 12.8 Å². The van der Waals surface area contributed by atoms with Crippen molar-refractivity contribution in [1.29, 1.82) is 0 Å². The lowest BCUT2D eigenvalue weighted by atomic mass is 10.1. The Balaban J connectivity index is 1.41. The molecular formula is C23H26N4O3. The lowest BCUT2D eigenvalue weighted by Crippen LogP contribution is -2.53. The molecule has 0 bridgehead atoms. The zero-order chi connectivity index (χ0) is 21.1. The first-order chi connectivity index (χ1) is 14.6. The normalized spacial score (nSPS) is 16.8. The molecule has 0 radical (unpaired) electrons. The summed E-state index contributed by atoms with van der Waals surface area (Å²) in [4.78, 5) is 29.6. The van der Waals surface area contributed by atoms with Crippen molar-refractivity contribution >= 4 is 23.2 Å². The number of piperazine rings is 1. The highest BCUT2D eigenvalue weighted by Gasteiger charge is 2.29. The summed E-state index contributed by atoms with van der Waals surface area (Å²) in [6, 6.07) is 15.6. The molecule has 0 aliphatic carbocycles. The van der Waals surface area contributed by atoms with E-state index in [1.165, 1.54) is 5.01 Å². The van der Waals surface area contributed by atoms with Crippen LogP contribution in [0.25, 0.3) is 0 Å². The van der Waals surface area contributed by atoms with E-state index in [0.717, 1.165) is 35.8 Å². The van der Waals surface area contributed by atoms with Crippen molar-refractivity contribution in [2.75, 3.05) is 43.2 Å². The zero-order valence-corrected chi connectivity index (χ0v) is 17.3. The fourth-order valence-electron chi connectivity index (χ4n) is 3.80. The fourth-order valence-corrected chi connectivity index (χ4v) is 3.80. The van der Waals surface area contributed by atoms with Crippen molar-refractivity contribution in [2.45, 2.75) is 13.3 Å². The maximum Gasteiger partial charge on any atom is 0.271 e. The maximum atomic E-state index is 13.1. The highest BCUT2D eigenvalue weighted by Crippen LogP contribution is 2.24. The Morgan fingerprint density at radius 2 is 1.80 bits per heavy atom. The van der Waals surface area contributed by atoms with Crippen LogP contribution < -0.4 is 20.1 Å². The second kappa shape index (κ2) is 8.49. The van der Waals surface area contributed by atoms with Gasteiger partial charge in [0.1, 0.15) is 11.4 Å². The van der Waals surface area contributed by atoms with Gasteiger partial charge in [-0.15, -0.1) is 0 Å². The Hall–Kier alpha value is -3.48. The van der Waals surface area contributed by atoms with Crippen molar-refractivity contribution in [2.24, 2.45) is 0 Å². The van der Waals surface area contributed by atoms with Crippen LogP contribution in [-0.2, 0) is 9.59 Å². The van der Waals surface area contributed by atoms with Crippen LogP contribution in [0.15, 0.2) is 60.3 Å². The average molecular weight is 406 g/mol. The Bertz CT molecular complexity index is 980. The summed E-state index contributed by atoms with van der Waals surface area (Å²) in [6.45, 7) is 4.67. The Labute approximate surface area is 176 Å². The SMILES string of the molecule is COc1cccc(N2CCN(C(=O)C3=CCC(=O)N(c4ccccc4C)N3)CC2)c1. The molecule has 1 saturated heterocycles. The molecule has 4 rings (SSSR count). The molecule has 1 N–H and O–H groups in total. The number of methoxy groups -OCH3 is 1. The first-order valence-corrected chi connectivity index (χ1v) is 10.1. The number of hydrazine groups is 1. The van der Waals surface area contributed by atoms with Gasteiger partial charge in [-0.25, -0.2) is 5.01 Å². The number of hydrogen-bond donors (Lipinski definition) is 1. The van der Waals surface area contributed by atoms with E-state index in [1.807, 2.05) is 54.3 Å². The van der Waals surface area contributed by atoms with Crippen LogP contribution >= 0.6 is 0 Å². The zero-order valence-electron chi connectivity index (χ0n) is 17.3. The lowest BCUT2D eigenvalue weighted by molar-refractivity contribution is -0.128. The summed E-state index contributed by atoms with van der Waals surface area (Å²) >= 11 is 0. The molecule has 2 aliphatic rings. The minimum atomic E-state index is -0.0799. The van der Waals surface area contributed by atoms with Crippen LogP contribution in [0.4, 0.5) is 11.4 Å². The highest BCUT2D eigenvalue weighted by atomic mass is 16.5. The van der Waals surface area contributed by atoms with E-state index in [4.69, 9.17) is 4.74 Å². The van der Waals surface area contributed by atoms with Crippen LogP contribution in [-0.4, -0.2) is 50.0 Å². The Kier molecular flexibility index (Phi) is 5.61. The molecule has 0 unspecified atom stereocenters. The molecule has 0 saturated carbocycles. The van der Waals surface area contributed by atoms with Crippen molar-refractivity contribution in [3.05, 3.63) is 65.9 Å². The third-order valence-corrected chi connectivity index (χ3v) is 5.53. The molecular weight excluding hydrogens is 380 g/mol. The van der Waals surface area contributed by atoms with Gasteiger partial charge < -0.3 is 14.5 Å². The molecule has 2 heterocycles. The van der Waals surface area contributed by atoms with Gasteiger partial charge in [0.2, 0.25) is 5.91 Å². The summed E-state index contributed by atoms with van der Waals surface area (Å²) < 4.78 is 5.31. The lowest BCUT2D eigenvalue weighted by Gasteiger charge is -2.38. The Morgan fingerprint density at radius 3 is 2.53 bits per heavy atom. The number of rotatable bonds is 4. The van der Waals surface area contributed by atoms with Crippen LogP contribution in [0.3, 0.4) is 0 Å². The summed E-state index contributed by atoms with van der Waals surface area (Å²) in [5, 5.41) is 1.48. The molecule has 156 valence electrons. The topological polar surface area (TPSA) is 65.1 Å². The molecule has 7 heteroatoms. The van der Waals surface area contributed by atoms with E-state index >= 15 is 0 Å². The number of carbonyl (C=O) groups is 2. The van der Waals surface area contributed by atoms with Crippen molar-refractivity contribution in [3.8, 4) is 5.75 Å². The number of nitrogens with one attached hydrogen (secondary N) is 1. The third-order valence-electron chi connectivity index (χ3n) is 5.53. The van der Waals surface area contributed by atoms with E-state index in [9.17, 15) is 9.59 Å². The van der Waals surface area contributed by atoms with E-state index in [2.05, 4.69) is 16.4 Å². The summed E-state index contributed by atoms with van der Waals surface area (Å²) in [5.74, 6) is 0.665. The number of ether oxygens (including phenoxy) is 1. The number of aryl methyl sites for hydroxylation is 1. The predicted molar refractivity (Wildman–Crippen MR) is 116 cm³/mol. The third kappa shape index (κ3) is 3.96. The van der Waals surface area contributed by atoms with Crippen LogP contribution in [0.5, 0.6) is 5.75 Å². The molecule has 0 atom stereocenters. The van der Waals surface area contributed by atoms with Gasteiger partial charge in [-0.1, -0.05) is 24.3 Å². The fraction of sp³-hybridized carbons (Fsp3) is 0.304. The van der Waals surface area contributed by atoms with Gasteiger partial charge >= 0.3 is 0 Å². The van der Waals surface area contributed by atoms with E-state index in [-0.39, 0.29) is 18.2 Å². The number of hydrogen-bond acceptors (Lipinski definition) is 5. The van der Waals surface area contributed by atoms with Crippen molar-refractivity contribution < 1.29 is 14.3 Å². The maximum absolute atomic E-state index is 13.1. The molecule has 2 aromatic rings. The van der Waals surface area contributed by atoms with Crippen LogP contribution in [0, 0.1) is 6.92 Å². The average Bonchev–Trinajstić information content (AvgIpc) is 2.79. The minimum absolute atomic E-state index is 0.0774. The van der Waals surface area contributed by atoms with E-state index in [1.54, 1.807) is 13.2 Å². The number of nitrogens with zero attached hydrogens (tertiary/aromatic N) is 3. The first-order valence-electron chi connectivity index (χ1n) is 10.1. The molecule has 30 heavy (non-hydrogen) atoms. The predicted octanol–water partition coefficient (Wildman–Crippen LogP) is 2.48. The van der Waals surface area contributed by atoms with Gasteiger partial charge in [-0.05, 0) is 36.8 Å². The molecule has 2 aromatic carbocycles. The second-order valence-electron chi connectivity index (χ2n) is 7.43. The molecule has 0 aromatic heterocycles. The van der Waals surface area contributed by atoms with Gasteiger partial charge in [0.15, 0.2) is 0 Å². The number of benzene rings is 2. The quantitative estimate of drug-likeness (QED) is 0.845. The summed E-state index contributed by atoms with van der Waals surface area (Å²) in [5.41, 5.74) is 6.32. The van der Waals surface area contributed by atoms with Crippen molar-refractivity contribution in [3.63, 3.8) is 0 Å². The standard InChI is InChI=1S/C23H26N4O3/c1-17-6-3-4-9-21(17)27-22(28)11-10-20(24-27)23(29)26-14-12-25(13-15-26)18-7-5-8-19(16-18)30-2/h3-10,16,24H,11-15H2,1-2H3. The van der Waals surface area contributed by atoms with Crippen molar-refractivity contribution in [1.82, 2.24) is 10.3 Å². The van der Waals surface area contributed by atoms with Gasteiger partial charge in [-0.3, -0.25) is 15.0 Å². The van der Waals surface area contributed by atoms with Crippen LogP contribution in [0.1, 0.15) is 12.0 Å². The Morgan fingerprint density at radius 1 is 1.03 bits per heavy atom. The molecule has 2 amide bonds. The monoisotopic (exact) mass is 406 g/mol.